The Morgan fingerprint density at radius 1 is 0.403 bits per heavy atom. The molecule has 5 N–H and O–H groups in total. The second-order valence-electron chi connectivity index (χ2n) is 18.2. The quantitative estimate of drug-likeness (QED) is 0.0238. The molecule has 62 heavy (non-hydrogen) atoms. The Labute approximate surface area is 384 Å². The highest BCUT2D eigenvalue weighted by Crippen LogP contribution is 2.16. The fraction of sp³-hybridized carbons (Fsp3) is 0.804. The molecule has 0 heterocycles. The van der Waals surface area contributed by atoms with Gasteiger partial charge in [-0.15, -0.1) is 0 Å². The van der Waals surface area contributed by atoms with E-state index in [1.54, 1.807) is 0 Å². The molecule has 0 saturated carbocycles. The fourth-order valence-electron chi connectivity index (χ4n) is 7.96. The Balaban J connectivity index is 3.71. The van der Waals surface area contributed by atoms with Gasteiger partial charge in [-0.3, -0.25) is 4.79 Å². The van der Waals surface area contributed by atoms with Crippen molar-refractivity contribution in [1.29, 1.82) is 0 Å². The van der Waals surface area contributed by atoms with Crippen molar-refractivity contribution in [2.75, 3.05) is 6.61 Å². The largest absolute Gasteiger partial charge is 0.394 e. The van der Waals surface area contributed by atoms with Crippen LogP contribution in [0.5, 0.6) is 0 Å². The van der Waals surface area contributed by atoms with Gasteiger partial charge < -0.3 is 25.7 Å². The minimum Gasteiger partial charge on any atom is -0.394 e. The standard InChI is InChI=1S/C56H103NO5/c1-3-5-7-9-11-13-15-17-19-20-21-22-23-24-25-26-27-28-29-30-31-32-33-34-35-36-38-39-41-43-45-47-49-53(59)55(61)52(51-58)57-56(62)54(60)50-48-46-44-42-40-37-18-16-14-12-10-8-6-4-2/h12,14,16,18,31-32,35-36,41,43,52-55,58-61H,3-11,13,15,17,19-30,33-34,37-40,42,44-51H2,1-2H3,(H,57,62)/b14-12-,18-16-,32-31+,36-35+,43-41+. The third kappa shape index (κ3) is 43.3. The summed E-state index contributed by atoms with van der Waals surface area (Å²) in [6.45, 7) is 4.00. The van der Waals surface area contributed by atoms with Crippen LogP contribution in [0.2, 0.25) is 0 Å². The number of rotatable bonds is 48. The third-order valence-corrected chi connectivity index (χ3v) is 12.2. The average Bonchev–Trinajstić information content (AvgIpc) is 3.28. The van der Waals surface area contributed by atoms with Crippen molar-refractivity contribution in [2.24, 2.45) is 0 Å². The topological polar surface area (TPSA) is 110 Å². The lowest BCUT2D eigenvalue weighted by molar-refractivity contribution is -0.132. The molecule has 0 radical (unpaired) electrons. The highest BCUT2D eigenvalue weighted by atomic mass is 16.3. The van der Waals surface area contributed by atoms with Crippen LogP contribution < -0.4 is 5.32 Å². The number of carbonyl (C=O) groups is 1. The van der Waals surface area contributed by atoms with Gasteiger partial charge in [0.1, 0.15) is 12.2 Å². The lowest BCUT2D eigenvalue weighted by Crippen LogP contribution is -2.53. The van der Waals surface area contributed by atoms with Crippen molar-refractivity contribution in [1.82, 2.24) is 5.32 Å². The minimum atomic E-state index is -1.30. The van der Waals surface area contributed by atoms with Crippen molar-refractivity contribution in [3.05, 3.63) is 60.8 Å². The summed E-state index contributed by atoms with van der Waals surface area (Å²) in [7, 11) is 0. The van der Waals surface area contributed by atoms with Crippen LogP contribution >= 0.6 is 0 Å². The number of aliphatic hydroxyl groups is 4. The number of carbonyl (C=O) groups excluding carboxylic acids is 1. The molecule has 4 atom stereocenters. The molecule has 0 aromatic rings. The van der Waals surface area contributed by atoms with Crippen molar-refractivity contribution < 1.29 is 25.2 Å². The summed E-state index contributed by atoms with van der Waals surface area (Å²) in [6, 6.07) is -1.02. The number of hydrogen-bond acceptors (Lipinski definition) is 5. The van der Waals surface area contributed by atoms with Crippen LogP contribution in [0.3, 0.4) is 0 Å². The SMILES string of the molecule is CCCCC/C=C\C=C/CCCCCCCC(O)C(=O)NC(CO)C(O)C(O)CCC/C=C/CC/C=C/CC/C=C/CCCCCCCCCCCCCCCCCCCCC. The first-order valence-electron chi connectivity index (χ1n) is 26.7. The van der Waals surface area contributed by atoms with Gasteiger partial charge in [0, 0.05) is 0 Å². The molecular formula is C56H103NO5. The predicted molar refractivity (Wildman–Crippen MR) is 270 cm³/mol. The van der Waals surface area contributed by atoms with E-state index in [-0.39, 0.29) is 0 Å². The molecule has 362 valence electrons. The number of hydrogen-bond donors (Lipinski definition) is 5. The second kappa shape index (κ2) is 50.0. The van der Waals surface area contributed by atoms with Crippen molar-refractivity contribution in [2.45, 2.75) is 282 Å². The number of aliphatic hydroxyl groups excluding tert-OH is 4. The third-order valence-electron chi connectivity index (χ3n) is 12.2. The molecule has 0 bridgehead atoms. The van der Waals surface area contributed by atoms with Crippen LogP contribution in [-0.4, -0.2) is 57.3 Å². The van der Waals surface area contributed by atoms with Crippen LogP contribution in [0.4, 0.5) is 0 Å². The van der Waals surface area contributed by atoms with E-state index in [0.717, 1.165) is 77.0 Å². The summed E-state index contributed by atoms with van der Waals surface area (Å²) in [5.41, 5.74) is 0. The van der Waals surface area contributed by atoms with Gasteiger partial charge in [0.2, 0.25) is 5.91 Å². The normalized spacial score (nSPS) is 14.4. The van der Waals surface area contributed by atoms with Gasteiger partial charge >= 0.3 is 0 Å². The van der Waals surface area contributed by atoms with Crippen LogP contribution in [0.25, 0.3) is 0 Å². The first-order valence-corrected chi connectivity index (χ1v) is 26.7. The Kier molecular flexibility index (Phi) is 48.4. The first-order chi connectivity index (χ1) is 30.5. The molecular weight excluding hydrogens is 767 g/mol. The summed E-state index contributed by atoms with van der Waals surface area (Å²) >= 11 is 0. The second-order valence-corrected chi connectivity index (χ2v) is 18.2. The van der Waals surface area contributed by atoms with Gasteiger partial charge in [-0.25, -0.2) is 0 Å². The van der Waals surface area contributed by atoms with Gasteiger partial charge in [-0.05, 0) is 89.9 Å². The molecule has 4 unspecified atom stereocenters. The Morgan fingerprint density at radius 2 is 0.726 bits per heavy atom. The van der Waals surface area contributed by atoms with Crippen molar-refractivity contribution in [3.8, 4) is 0 Å². The molecule has 0 aliphatic heterocycles. The van der Waals surface area contributed by atoms with Gasteiger partial charge in [0.05, 0.1) is 18.8 Å². The summed E-state index contributed by atoms with van der Waals surface area (Å²) in [5, 5.41) is 43.7. The highest BCUT2D eigenvalue weighted by Gasteiger charge is 2.28. The molecule has 1 amide bonds. The van der Waals surface area contributed by atoms with E-state index in [1.807, 2.05) is 0 Å². The van der Waals surface area contributed by atoms with Crippen LogP contribution in [0, 0.1) is 0 Å². The van der Waals surface area contributed by atoms with Crippen molar-refractivity contribution in [3.63, 3.8) is 0 Å². The zero-order chi connectivity index (χ0) is 45.2. The van der Waals surface area contributed by atoms with Crippen molar-refractivity contribution >= 4 is 5.91 Å². The van der Waals surface area contributed by atoms with Gasteiger partial charge in [-0.2, -0.15) is 0 Å². The van der Waals surface area contributed by atoms with E-state index in [9.17, 15) is 25.2 Å². The zero-order valence-electron chi connectivity index (χ0n) is 40.9. The molecule has 0 fully saturated rings. The number of nitrogens with one attached hydrogen (secondary N) is 1. The van der Waals surface area contributed by atoms with E-state index >= 15 is 0 Å². The molecule has 0 aromatic carbocycles. The lowest BCUT2D eigenvalue weighted by atomic mass is 10.00. The van der Waals surface area contributed by atoms with E-state index < -0.39 is 36.9 Å². The van der Waals surface area contributed by atoms with Gasteiger partial charge in [0.15, 0.2) is 0 Å². The van der Waals surface area contributed by atoms with Crippen LogP contribution in [-0.2, 0) is 4.79 Å². The summed E-state index contributed by atoms with van der Waals surface area (Å²) < 4.78 is 0. The molecule has 0 aromatic heterocycles. The van der Waals surface area contributed by atoms with Crippen LogP contribution in [0.1, 0.15) is 258 Å². The van der Waals surface area contributed by atoms with Gasteiger partial charge in [0.25, 0.3) is 0 Å². The fourth-order valence-corrected chi connectivity index (χ4v) is 7.96. The van der Waals surface area contributed by atoms with Gasteiger partial charge in [-0.1, -0.05) is 229 Å². The Bertz CT molecular complexity index is 1070. The molecule has 0 spiro atoms. The monoisotopic (exact) mass is 870 g/mol. The summed E-state index contributed by atoms with van der Waals surface area (Å²) in [5.74, 6) is -0.613. The van der Waals surface area contributed by atoms with Crippen LogP contribution in [0.15, 0.2) is 60.8 Å². The molecule has 0 aliphatic rings. The number of allylic oxidation sites excluding steroid dienone is 10. The van der Waals surface area contributed by atoms with E-state index in [4.69, 9.17) is 0 Å². The molecule has 6 nitrogen and oxygen atoms in total. The maximum absolute atomic E-state index is 12.5. The maximum atomic E-state index is 12.5. The summed E-state index contributed by atoms with van der Waals surface area (Å²) in [6.07, 6.45) is 64.4. The summed E-state index contributed by atoms with van der Waals surface area (Å²) in [4.78, 5) is 12.5. The molecule has 0 saturated heterocycles. The molecule has 0 aliphatic carbocycles. The number of amides is 1. The molecule has 0 rings (SSSR count). The number of unbranched alkanes of at least 4 members (excludes halogenated alkanes) is 30. The van der Waals surface area contributed by atoms with E-state index in [0.29, 0.717) is 19.3 Å². The maximum Gasteiger partial charge on any atom is 0.249 e. The zero-order valence-corrected chi connectivity index (χ0v) is 40.9. The first kappa shape index (κ1) is 60.0. The Hall–Kier alpha value is -1.99. The lowest BCUT2D eigenvalue weighted by Gasteiger charge is -2.27. The molecule has 6 heteroatoms. The van der Waals surface area contributed by atoms with E-state index in [2.05, 4.69) is 79.9 Å². The van der Waals surface area contributed by atoms with E-state index in [1.165, 1.54) is 148 Å². The average molecular weight is 870 g/mol. The Morgan fingerprint density at radius 3 is 1.15 bits per heavy atom. The smallest absolute Gasteiger partial charge is 0.249 e. The highest BCUT2D eigenvalue weighted by molar-refractivity contribution is 5.80. The predicted octanol–water partition coefficient (Wildman–Crippen LogP) is 15.2. The minimum absolute atomic E-state index is 0.338.